The average Bonchev–Trinajstić information content (AvgIpc) is 2.93. The minimum Gasteiger partial charge on any atom is -0.490 e. The lowest BCUT2D eigenvalue weighted by Gasteiger charge is -2.16. The van der Waals surface area contributed by atoms with Gasteiger partial charge in [-0.15, -0.1) is 0 Å². The van der Waals surface area contributed by atoms with E-state index in [1.807, 2.05) is 26.0 Å². The van der Waals surface area contributed by atoms with Crippen LogP contribution < -0.4 is 20.3 Å². The van der Waals surface area contributed by atoms with Crippen molar-refractivity contribution in [3.05, 3.63) is 88.7 Å². The molecule has 4 aromatic rings. The molecule has 4 rings (SSSR count). The summed E-state index contributed by atoms with van der Waals surface area (Å²) >= 11 is 16.5. The SMILES string of the molecule is CCCc1nc2ccc(Br)cc2c(=O)n1N=Cc1cc(OCC)c(OCC(=O)Nc2ccc(Cl)cc2)c(Br)c1Br. The number of benzene rings is 3. The van der Waals surface area contributed by atoms with Gasteiger partial charge in [-0.05, 0) is 93.7 Å². The molecule has 1 amide bonds. The standard InChI is InChI=1S/C28H24Br3ClN4O4/c1-3-5-23-35-21-11-6-17(29)13-20(21)28(38)36(23)33-14-16-12-22(39-4-2)27(26(31)25(16)30)40-15-24(37)34-19-9-7-18(32)8-10-19/h6-14H,3-5,15H2,1-2H3,(H,34,37). The first kappa shape index (κ1) is 30.2. The molecular weight excluding hydrogens is 731 g/mol. The molecule has 0 bridgehead atoms. The van der Waals surface area contributed by atoms with E-state index < -0.39 is 0 Å². The number of hydrogen-bond donors (Lipinski definition) is 1. The lowest BCUT2D eigenvalue weighted by atomic mass is 10.2. The van der Waals surface area contributed by atoms with Crippen LogP contribution in [0.2, 0.25) is 5.02 Å². The van der Waals surface area contributed by atoms with Gasteiger partial charge in [0.05, 0.1) is 28.2 Å². The maximum atomic E-state index is 13.3. The van der Waals surface area contributed by atoms with Crippen LogP contribution in [0.3, 0.4) is 0 Å². The van der Waals surface area contributed by atoms with E-state index in [0.29, 0.717) is 66.5 Å². The van der Waals surface area contributed by atoms with Crippen LogP contribution in [0.15, 0.2) is 71.8 Å². The molecule has 1 aromatic heterocycles. The number of ether oxygens (including phenoxy) is 2. The van der Waals surface area contributed by atoms with Crippen molar-refractivity contribution in [1.29, 1.82) is 0 Å². The summed E-state index contributed by atoms with van der Waals surface area (Å²) < 4.78 is 14.9. The van der Waals surface area contributed by atoms with E-state index in [4.69, 9.17) is 21.1 Å². The van der Waals surface area contributed by atoms with Crippen LogP contribution in [0.25, 0.3) is 10.9 Å². The number of fused-ring (bicyclic) bond motifs is 1. The zero-order chi connectivity index (χ0) is 28.8. The zero-order valence-corrected chi connectivity index (χ0v) is 27.0. The molecule has 1 N–H and O–H groups in total. The number of carbonyl (C=O) groups excluding carboxylic acids is 1. The van der Waals surface area contributed by atoms with Crippen LogP contribution in [0.4, 0.5) is 5.69 Å². The summed E-state index contributed by atoms with van der Waals surface area (Å²) in [7, 11) is 0. The minimum absolute atomic E-state index is 0.255. The van der Waals surface area contributed by atoms with Crippen molar-refractivity contribution in [3.63, 3.8) is 0 Å². The largest absolute Gasteiger partial charge is 0.490 e. The Balaban J connectivity index is 1.64. The number of halogens is 4. The van der Waals surface area contributed by atoms with Crippen LogP contribution in [0.1, 0.15) is 31.7 Å². The second-order valence-corrected chi connectivity index (χ2v) is 11.4. The van der Waals surface area contributed by atoms with Crippen molar-refractivity contribution in [3.8, 4) is 11.5 Å². The van der Waals surface area contributed by atoms with E-state index in [0.717, 1.165) is 10.9 Å². The van der Waals surface area contributed by atoms with Crippen molar-refractivity contribution >= 4 is 88.1 Å². The second-order valence-electron chi connectivity index (χ2n) is 8.50. The van der Waals surface area contributed by atoms with Gasteiger partial charge < -0.3 is 14.8 Å². The average molecular weight is 756 g/mol. The quantitative estimate of drug-likeness (QED) is 0.169. The first-order valence-corrected chi connectivity index (χ1v) is 15.1. The highest BCUT2D eigenvalue weighted by Gasteiger charge is 2.19. The number of aryl methyl sites for hydroxylation is 1. The molecule has 12 heteroatoms. The Hall–Kier alpha value is -2.73. The normalized spacial score (nSPS) is 11.2. The van der Waals surface area contributed by atoms with E-state index in [2.05, 4.69) is 63.2 Å². The van der Waals surface area contributed by atoms with E-state index in [1.54, 1.807) is 42.6 Å². The fraction of sp³-hybridized carbons (Fsp3) is 0.214. The van der Waals surface area contributed by atoms with Gasteiger partial charge in [-0.25, -0.2) is 4.98 Å². The Kier molecular flexibility index (Phi) is 10.4. The number of aromatic nitrogens is 2. The van der Waals surface area contributed by atoms with Crippen LogP contribution in [-0.4, -0.2) is 35.0 Å². The Morgan fingerprint density at radius 1 is 1.07 bits per heavy atom. The molecule has 3 aromatic carbocycles. The van der Waals surface area contributed by atoms with Gasteiger partial charge in [-0.1, -0.05) is 34.5 Å². The number of rotatable bonds is 10. The van der Waals surface area contributed by atoms with Crippen molar-refractivity contribution in [1.82, 2.24) is 9.66 Å². The molecule has 0 atom stereocenters. The molecule has 0 spiro atoms. The summed E-state index contributed by atoms with van der Waals surface area (Å²) in [5, 5.41) is 8.31. The van der Waals surface area contributed by atoms with Crippen molar-refractivity contribution in [2.75, 3.05) is 18.5 Å². The van der Waals surface area contributed by atoms with E-state index in [1.165, 1.54) is 4.68 Å². The molecule has 0 saturated carbocycles. The van der Waals surface area contributed by atoms with E-state index in [9.17, 15) is 9.59 Å². The number of amides is 1. The Morgan fingerprint density at radius 3 is 2.52 bits per heavy atom. The van der Waals surface area contributed by atoms with Crippen molar-refractivity contribution < 1.29 is 14.3 Å². The van der Waals surface area contributed by atoms with Crippen LogP contribution in [0, 0.1) is 0 Å². The highest BCUT2D eigenvalue weighted by Crippen LogP contribution is 2.42. The molecule has 208 valence electrons. The highest BCUT2D eigenvalue weighted by atomic mass is 79.9. The molecule has 0 fully saturated rings. The van der Waals surface area contributed by atoms with Crippen LogP contribution in [0.5, 0.6) is 11.5 Å². The Morgan fingerprint density at radius 2 is 1.82 bits per heavy atom. The topological polar surface area (TPSA) is 94.8 Å². The molecule has 0 aliphatic heterocycles. The fourth-order valence-corrected chi connectivity index (χ4v) is 5.21. The third kappa shape index (κ3) is 7.12. The first-order valence-electron chi connectivity index (χ1n) is 12.3. The lowest BCUT2D eigenvalue weighted by Crippen LogP contribution is -2.22. The molecule has 8 nitrogen and oxygen atoms in total. The van der Waals surface area contributed by atoms with E-state index >= 15 is 0 Å². The molecular formula is C28H24Br3ClN4O4. The molecule has 0 unspecified atom stereocenters. The molecule has 40 heavy (non-hydrogen) atoms. The monoisotopic (exact) mass is 752 g/mol. The van der Waals surface area contributed by atoms with Gasteiger partial charge in [-0.3, -0.25) is 9.59 Å². The second kappa shape index (κ2) is 13.8. The summed E-state index contributed by atoms with van der Waals surface area (Å²) in [6, 6.07) is 13.9. The molecule has 0 aliphatic carbocycles. The number of nitrogens with one attached hydrogen (secondary N) is 1. The molecule has 0 saturated heterocycles. The fourth-order valence-electron chi connectivity index (χ4n) is 3.78. The van der Waals surface area contributed by atoms with Gasteiger partial charge >= 0.3 is 0 Å². The lowest BCUT2D eigenvalue weighted by molar-refractivity contribution is -0.118. The minimum atomic E-state index is -0.350. The number of nitrogens with zero attached hydrogens (tertiary/aromatic N) is 3. The summed E-state index contributed by atoms with van der Waals surface area (Å²) in [5.74, 6) is 0.959. The number of anilines is 1. The molecule has 0 aliphatic rings. The first-order chi connectivity index (χ1) is 19.2. The molecule has 0 radical (unpaired) electrons. The van der Waals surface area contributed by atoms with Crippen LogP contribution in [-0.2, 0) is 11.2 Å². The third-order valence-corrected chi connectivity index (χ3v) is 8.48. The maximum absolute atomic E-state index is 13.3. The van der Waals surface area contributed by atoms with E-state index in [-0.39, 0.29) is 18.1 Å². The van der Waals surface area contributed by atoms with Crippen molar-refractivity contribution in [2.45, 2.75) is 26.7 Å². The van der Waals surface area contributed by atoms with Gasteiger partial charge in [0.25, 0.3) is 11.5 Å². The van der Waals surface area contributed by atoms with Gasteiger partial charge in [0.2, 0.25) is 0 Å². The Bertz CT molecular complexity index is 1640. The predicted molar refractivity (Wildman–Crippen MR) is 169 cm³/mol. The molecule has 1 heterocycles. The summed E-state index contributed by atoms with van der Waals surface area (Å²) in [4.78, 5) is 30.5. The van der Waals surface area contributed by atoms with Crippen molar-refractivity contribution in [2.24, 2.45) is 5.10 Å². The Labute approximate surface area is 261 Å². The maximum Gasteiger partial charge on any atom is 0.282 e. The van der Waals surface area contributed by atoms with Gasteiger partial charge in [-0.2, -0.15) is 9.78 Å². The van der Waals surface area contributed by atoms with Gasteiger partial charge in [0.1, 0.15) is 5.82 Å². The van der Waals surface area contributed by atoms with Gasteiger partial charge in [0.15, 0.2) is 18.1 Å². The third-order valence-electron chi connectivity index (χ3n) is 5.59. The summed E-state index contributed by atoms with van der Waals surface area (Å²) in [6.45, 7) is 3.97. The number of hydrogen-bond acceptors (Lipinski definition) is 6. The summed E-state index contributed by atoms with van der Waals surface area (Å²) in [6.07, 6.45) is 2.93. The predicted octanol–water partition coefficient (Wildman–Crippen LogP) is 7.59. The highest BCUT2D eigenvalue weighted by molar-refractivity contribution is 9.13. The zero-order valence-electron chi connectivity index (χ0n) is 21.5. The smallest absolute Gasteiger partial charge is 0.282 e. The number of carbonyl (C=O) groups is 1. The summed E-state index contributed by atoms with van der Waals surface area (Å²) in [5.41, 5.74) is 1.57. The van der Waals surface area contributed by atoms with Gasteiger partial charge in [0, 0.05) is 31.6 Å². The van der Waals surface area contributed by atoms with Crippen LogP contribution >= 0.6 is 59.4 Å².